The zero-order valence-corrected chi connectivity index (χ0v) is 19.9. The molecule has 0 spiro atoms. The minimum absolute atomic E-state index is 0.120. The van der Waals surface area contributed by atoms with Crippen molar-refractivity contribution in [2.45, 2.75) is 32.6 Å². The molecular formula is C26H29N3O6. The average molecular weight is 480 g/mol. The normalized spacial score (nSPS) is 15.3. The van der Waals surface area contributed by atoms with Gasteiger partial charge >= 0.3 is 11.9 Å². The highest BCUT2D eigenvalue weighted by Crippen LogP contribution is 2.47. The minimum Gasteiger partial charge on any atom is -0.478 e. The quantitative estimate of drug-likeness (QED) is 0.267. The number of carboxylic acid groups (broad SMARTS) is 2. The van der Waals surface area contributed by atoms with Crippen molar-refractivity contribution in [1.82, 2.24) is 10.2 Å². The van der Waals surface area contributed by atoms with E-state index in [1.807, 2.05) is 30.3 Å². The number of nitro groups is 1. The summed E-state index contributed by atoms with van der Waals surface area (Å²) in [6, 6.07) is 15.5. The number of non-ortho nitro benzene ring substituents is 1. The molecular weight excluding hydrogens is 450 g/mol. The van der Waals surface area contributed by atoms with Crippen molar-refractivity contribution in [1.29, 1.82) is 0 Å². The first-order valence-electron chi connectivity index (χ1n) is 11.3. The second-order valence-electron chi connectivity index (χ2n) is 8.60. The third-order valence-corrected chi connectivity index (χ3v) is 6.54. The van der Waals surface area contributed by atoms with E-state index >= 15 is 0 Å². The van der Waals surface area contributed by atoms with Gasteiger partial charge in [0.25, 0.3) is 5.69 Å². The average Bonchev–Trinajstić information content (AvgIpc) is 2.81. The summed E-state index contributed by atoms with van der Waals surface area (Å²) in [7, 11) is 0. The first-order valence-corrected chi connectivity index (χ1v) is 11.3. The Hall–Kier alpha value is -3.98. The molecule has 1 aliphatic heterocycles. The molecule has 0 aromatic heterocycles. The van der Waals surface area contributed by atoms with Crippen molar-refractivity contribution in [2.75, 3.05) is 19.6 Å². The Kier molecular flexibility index (Phi) is 7.71. The first kappa shape index (κ1) is 25.6. The zero-order valence-electron chi connectivity index (χ0n) is 19.9. The van der Waals surface area contributed by atoms with Gasteiger partial charge in [-0.2, -0.15) is 0 Å². The van der Waals surface area contributed by atoms with Crippen LogP contribution < -0.4 is 5.32 Å². The van der Waals surface area contributed by atoms with E-state index in [0.717, 1.165) is 6.42 Å². The molecule has 0 amide bonds. The van der Waals surface area contributed by atoms with Gasteiger partial charge in [0, 0.05) is 36.6 Å². The van der Waals surface area contributed by atoms with Crippen LogP contribution in [0.25, 0.3) is 0 Å². The molecule has 2 aromatic rings. The van der Waals surface area contributed by atoms with E-state index in [1.54, 1.807) is 18.7 Å². The zero-order chi connectivity index (χ0) is 25.8. The maximum atomic E-state index is 12.5. The Morgan fingerprint density at radius 2 is 1.57 bits per heavy atom. The minimum atomic E-state index is -1.59. The van der Waals surface area contributed by atoms with E-state index < -0.39 is 22.3 Å². The van der Waals surface area contributed by atoms with Crippen LogP contribution in [0.5, 0.6) is 0 Å². The molecule has 0 aliphatic carbocycles. The van der Waals surface area contributed by atoms with Crippen molar-refractivity contribution < 1.29 is 24.7 Å². The number of allylic oxidation sites excluding steroid dienone is 2. The lowest BCUT2D eigenvalue weighted by atomic mass is 9.67. The largest absolute Gasteiger partial charge is 0.478 e. The van der Waals surface area contributed by atoms with Crippen LogP contribution in [-0.4, -0.2) is 51.6 Å². The molecule has 0 fully saturated rings. The number of nitrogens with zero attached hydrogens (tertiary/aromatic N) is 2. The Bertz CT molecular complexity index is 1160. The number of carboxylic acids is 2. The SMILES string of the molecule is CC1=C(C(=O)O)C(C)(c2cccc([N+](=O)[O-])c2)C(C(=O)O)=C(C)N1CCNCCc1ccccc1. The topological polar surface area (TPSA) is 133 Å². The van der Waals surface area contributed by atoms with Crippen molar-refractivity contribution >= 4 is 17.6 Å². The molecule has 1 heterocycles. The number of aliphatic carboxylic acids is 2. The van der Waals surface area contributed by atoms with Crippen LogP contribution in [0.4, 0.5) is 5.69 Å². The smallest absolute Gasteiger partial charge is 0.334 e. The van der Waals surface area contributed by atoms with Gasteiger partial charge in [-0.15, -0.1) is 0 Å². The van der Waals surface area contributed by atoms with Crippen LogP contribution >= 0.6 is 0 Å². The fraction of sp³-hybridized carbons (Fsp3) is 0.308. The molecule has 0 radical (unpaired) electrons. The number of hydrogen-bond acceptors (Lipinski definition) is 6. The molecule has 9 heteroatoms. The fourth-order valence-electron chi connectivity index (χ4n) is 4.86. The van der Waals surface area contributed by atoms with Crippen molar-refractivity contribution in [3.8, 4) is 0 Å². The summed E-state index contributed by atoms with van der Waals surface area (Å²) >= 11 is 0. The van der Waals surface area contributed by atoms with Crippen LogP contribution in [0.3, 0.4) is 0 Å². The van der Waals surface area contributed by atoms with Crippen LogP contribution in [0.2, 0.25) is 0 Å². The number of benzene rings is 2. The molecule has 184 valence electrons. The summed E-state index contributed by atoms with van der Waals surface area (Å²) in [6.45, 7) is 6.38. The number of nitrogens with one attached hydrogen (secondary N) is 1. The maximum Gasteiger partial charge on any atom is 0.334 e. The van der Waals surface area contributed by atoms with Gasteiger partial charge in [-0.25, -0.2) is 9.59 Å². The van der Waals surface area contributed by atoms with E-state index in [2.05, 4.69) is 5.32 Å². The number of rotatable bonds is 10. The molecule has 2 aromatic carbocycles. The van der Waals surface area contributed by atoms with Gasteiger partial charge in [0.1, 0.15) is 0 Å². The van der Waals surface area contributed by atoms with E-state index in [9.17, 15) is 29.9 Å². The monoisotopic (exact) mass is 479 g/mol. The summed E-state index contributed by atoms with van der Waals surface area (Å²) in [4.78, 5) is 37.4. The van der Waals surface area contributed by atoms with Gasteiger partial charge < -0.3 is 20.4 Å². The summed E-state index contributed by atoms with van der Waals surface area (Å²) in [5, 5.41) is 35.0. The lowest BCUT2D eigenvalue weighted by molar-refractivity contribution is -0.385. The van der Waals surface area contributed by atoms with Crippen LogP contribution in [-0.2, 0) is 21.4 Å². The molecule has 0 unspecified atom stereocenters. The van der Waals surface area contributed by atoms with E-state index in [1.165, 1.54) is 36.8 Å². The van der Waals surface area contributed by atoms with Crippen molar-refractivity contribution in [3.63, 3.8) is 0 Å². The van der Waals surface area contributed by atoms with Gasteiger partial charge in [0.2, 0.25) is 0 Å². The van der Waals surface area contributed by atoms with Gasteiger partial charge in [-0.1, -0.05) is 42.5 Å². The molecule has 0 saturated carbocycles. The van der Waals surface area contributed by atoms with Gasteiger partial charge in [-0.3, -0.25) is 10.1 Å². The second-order valence-corrected chi connectivity index (χ2v) is 8.60. The third-order valence-electron chi connectivity index (χ3n) is 6.54. The number of nitro benzene ring substituents is 1. The molecule has 9 nitrogen and oxygen atoms in total. The van der Waals surface area contributed by atoms with Crippen LogP contribution in [0.1, 0.15) is 31.9 Å². The van der Waals surface area contributed by atoms with Gasteiger partial charge in [-0.05, 0) is 44.9 Å². The lowest BCUT2D eigenvalue weighted by Crippen LogP contribution is -2.45. The lowest BCUT2D eigenvalue weighted by Gasteiger charge is -2.43. The molecule has 0 bridgehead atoms. The molecule has 1 aliphatic rings. The molecule has 0 saturated heterocycles. The van der Waals surface area contributed by atoms with Crippen molar-refractivity contribution in [2.24, 2.45) is 0 Å². The Morgan fingerprint density at radius 1 is 0.971 bits per heavy atom. The highest BCUT2D eigenvalue weighted by molar-refractivity contribution is 6.00. The summed E-state index contributed by atoms with van der Waals surface area (Å²) in [6.07, 6.45) is 0.829. The van der Waals surface area contributed by atoms with E-state index in [0.29, 0.717) is 31.0 Å². The van der Waals surface area contributed by atoms with Gasteiger partial charge in [0.05, 0.1) is 21.5 Å². The maximum absolute atomic E-state index is 12.5. The highest BCUT2D eigenvalue weighted by Gasteiger charge is 2.49. The first-order chi connectivity index (χ1) is 16.6. The fourth-order valence-corrected chi connectivity index (χ4v) is 4.86. The molecule has 0 atom stereocenters. The van der Waals surface area contributed by atoms with Gasteiger partial charge in [0.15, 0.2) is 0 Å². The van der Waals surface area contributed by atoms with E-state index in [-0.39, 0.29) is 22.4 Å². The summed E-state index contributed by atoms with van der Waals surface area (Å²) in [5.74, 6) is -2.55. The highest BCUT2D eigenvalue weighted by atomic mass is 16.6. The van der Waals surface area contributed by atoms with E-state index in [4.69, 9.17) is 0 Å². The Labute approximate surface area is 203 Å². The third kappa shape index (κ3) is 5.09. The predicted octanol–water partition coefficient (Wildman–Crippen LogP) is 3.72. The van der Waals surface area contributed by atoms with Crippen LogP contribution in [0.15, 0.2) is 77.1 Å². The van der Waals surface area contributed by atoms with Crippen molar-refractivity contribution in [3.05, 3.63) is 98.4 Å². The number of carbonyl (C=O) groups is 2. The molecule has 3 N–H and O–H groups in total. The number of hydrogen-bond donors (Lipinski definition) is 3. The standard InChI is InChI=1S/C26H29N3O6/c1-17-22(24(30)31)26(3,20-10-7-11-21(16-20)29(34)35)23(25(32)33)18(2)28(17)15-14-27-13-12-19-8-5-4-6-9-19/h4-11,16,27H,12-15H2,1-3H3,(H,30,31)(H,32,33). The van der Waals surface area contributed by atoms with Crippen LogP contribution in [0, 0.1) is 10.1 Å². The second kappa shape index (κ2) is 10.5. The predicted molar refractivity (Wildman–Crippen MR) is 131 cm³/mol. The molecule has 3 rings (SSSR count). The summed E-state index contributed by atoms with van der Waals surface area (Å²) < 4.78 is 0. The Balaban J connectivity index is 1.94. The Morgan fingerprint density at radius 3 is 2.11 bits per heavy atom. The molecule has 35 heavy (non-hydrogen) atoms. The summed E-state index contributed by atoms with van der Waals surface area (Å²) in [5.41, 5.74) is 0.168.